The molecule has 4 aromatic rings. The van der Waals surface area contributed by atoms with Crippen LogP contribution in [0.2, 0.25) is 0 Å². The lowest BCUT2D eigenvalue weighted by Crippen LogP contribution is -2.33. The number of hydrogen-bond donors (Lipinski definition) is 2. The van der Waals surface area contributed by atoms with Gasteiger partial charge in [0, 0.05) is 28.6 Å². The SMILES string of the molecule is CCCCCCCCCCCCC1CCC(c2ccc(C(CCCCCCCCCCCC)c3ccc(N)cc3)cc2)(c2ccc(C(CCCCCCCCCCCC)c3ccc(N)cc3)cc2)CC1. The minimum atomic E-state index is 0.0474. The van der Waals surface area contributed by atoms with Crippen LogP contribution >= 0.6 is 0 Å². The maximum atomic E-state index is 6.23. The molecule has 0 spiro atoms. The molecule has 4 N–H and O–H groups in total. The number of rotatable bonds is 39. The molecule has 2 nitrogen and oxygen atoms in total. The summed E-state index contributed by atoms with van der Waals surface area (Å²) < 4.78 is 0. The first-order valence-electron chi connectivity index (χ1n) is 30.4. The summed E-state index contributed by atoms with van der Waals surface area (Å²) in [4.78, 5) is 0. The highest BCUT2D eigenvalue weighted by Crippen LogP contribution is 2.48. The number of benzene rings is 4. The zero-order chi connectivity index (χ0) is 49.3. The van der Waals surface area contributed by atoms with E-state index in [4.69, 9.17) is 11.5 Å². The summed E-state index contributed by atoms with van der Waals surface area (Å²) in [6.45, 7) is 6.94. The highest BCUT2D eigenvalue weighted by atomic mass is 14.5. The van der Waals surface area contributed by atoms with Gasteiger partial charge in [0.05, 0.1) is 0 Å². The molecule has 0 amide bonds. The fraction of sp³-hybridized carbons (Fsp3) is 0.647. The molecular formula is C68H106N2. The van der Waals surface area contributed by atoms with Gasteiger partial charge in [-0.2, -0.15) is 0 Å². The molecule has 2 atom stereocenters. The van der Waals surface area contributed by atoms with Crippen LogP contribution in [-0.4, -0.2) is 0 Å². The van der Waals surface area contributed by atoms with E-state index in [0.29, 0.717) is 11.8 Å². The summed E-state index contributed by atoms with van der Waals surface area (Å²) in [7, 11) is 0. The molecule has 1 aliphatic rings. The second kappa shape index (κ2) is 34.8. The summed E-state index contributed by atoms with van der Waals surface area (Å²) in [6, 6.07) is 37.9. The molecule has 0 bridgehead atoms. The summed E-state index contributed by atoms with van der Waals surface area (Å²) in [5.41, 5.74) is 23.0. The summed E-state index contributed by atoms with van der Waals surface area (Å²) >= 11 is 0. The molecule has 5 rings (SSSR count). The number of hydrogen-bond acceptors (Lipinski definition) is 2. The van der Waals surface area contributed by atoms with Crippen LogP contribution in [-0.2, 0) is 5.41 Å². The van der Waals surface area contributed by atoms with Crippen molar-refractivity contribution in [3.63, 3.8) is 0 Å². The van der Waals surface area contributed by atoms with Crippen LogP contribution in [0.3, 0.4) is 0 Å². The monoisotopic (exact) mass is 951 g/mol. The largest absolute Gasteiger partial charge is 0.399 e. The van der Waals surface area contributed by atoms with E-state index in [-0.39, 0.29) is 5.41 Å². The molecule has 0 heterocycles. The van der Waals surface area contributed by atoms with Crippen LogP contribution in [0.15, 0.2) is 97.1 Å². The van der Waals surface area contributed by atoms with Gasteiger partial charge in [-0.25, -0.2) is 0 Å². The van der Waals surface area contributed by atoms with E-state index in [0.717, 1.165) is 17.3 Å². The standard InChI is InChI=1S/C68H106N2/c1-4-7-10-13-16-19-22-25-28-31-34-57-53-55-68(56-54-57,62-45-37-58(38-46-62)66(60-41-49-64(69)50-42-60)35-32-29-26-23-20-17-14-11-8-5-2)63-47-39-59(40-48-63)67(61-43-51-65(70)52-44-61)36-33-30-27-24-21-18-15-12-9-6-3/h37-52,57,66-67H,4-36,53-56,69-70H2,1-3H3. The van der Waals surface area contributed by atoms with Gasteiger partial charge >= 0.3 is 0 Å². The molecule has 4 aromatic carbocycles. The lowest BCUT2D eigenvalue weighted by atomic mass is 9.62. The third-order valence-corrected chi connectivity index (χ3v) is 17.0. The average molecular weight is 952 g/mol. The van der Waals surface area contributed by atoms with Crippen molar-refractivity contribution in [1.29, 1.82) is 0 Å². The van der Waals surface area contributed by atoms with Crippen molar-refractivity contribution in [1.82, 2.24) is 0 Å². The smallest absolute Gasteiger partial charge is 0.0314 e. The van der Waals surface area contributed by atoms with E-state index in [1.807, 2.05) is 0 Å². The fourth-order valence-corrected chi connectivity index (χ4v) is 12.4. The Morgan fingerprint density at radius 2 is 0.600 bits per heavy atom. The molecule has 388 valence electrons. The Morgan fingerprint density at radius 1 is 0.343 bits per heavy atom. The van der Waals surface area contributed by atoms with E-state index in [1.165, 1.54) is 271 Å². The van der Waals surface area contributed by atoms with Crippen molar-refractivity contribution in [3.8, 4) is 0 Å². The van der Waals surface area contributed by atoms with E-state index < -0.39 is 0 Å². The molecule has 2 unspecified atom stereocenters. The lowest BCUT2D eigenvalue weighted by molar-refractivity contribution is 0.250. The minimum absolute atomic E-state index is 0.0474. The second-order valence-corrected chi connectivity index (χ2v) is 22.6. The zero-order valence-corrected chi connectivity index (χ0v) is 45.8. The van der Waals surface area contributed by atoms with Crippen LogP contribution in [0, 0.1) is 5.92 Å². The highest BCUT2D eigenvalue weighted by Gasteiger charge is 2.38. The first-order chi connectivity index (χ1) is 34.5. The topological polar surface area (TPSA) is 52.0 Å². The molecule has 0 saturated heterocycles. The minimum Gasteiger partial charge on any atom is -0.399 e. The Balaban J connectivity index is 1.29. The third-order valence-electron chi connectivity index (χ3n) is 17.0. The van der Waals surface area contributed by atoms with Crippen molar-refractivity contribution in [3.05, 3.63) is 130 Å². The quantitative estimate of drug-likeness (QED) is 0.0346. The number of nitrogens with two attached hydrogens (primary N) is 2. The molecule has 1 fully saturated rings. The van der Waals surface area contributed by atoms with E-state index in [9.17, 15) is 0 Å². The first kappa shape index (κ1) is 57.4. The molecule has 2 heteroatoms. The van der Waals surface area contributed by atoms with Crippen LogP contribution in [0.25, 0.3) is 0 Å². The van der Waals surface area contributed by atoms with Crippen LogP contribution in [0.1, 0.15) is 304 Å². The summed E-state index contributed by atoms with van der Waals surface area (Å²) in [5, 5.41) is 0. The molecule has 0 aliphatic heterocycles. The van der Waals surface area contributed by atoms with Crippen LogP contribution < -0.4 is 11.5 Å². The molecule has 1 aliphatic carbocycles. The van der Waals surface area contributed by atoms with Gasteiger partial charge in [0.1, 0.15) is 0 Å². The van der Waals surface area contributed by atoms with Gasteiger partial charge < -0.3 is 11.5 Å². The Kier molecular flexibility index (Phi) is 28.5. The van der Waals surface area contributed by atoms with Crippen molar-refractivity contribution in [2.24, 2.45) is 5.92 Å². The number of anilines is 2. The van der Waals surface area contributed by atoms with Gasteiger partial charge in [0.15, 0.2) is 0 Å². The maximum Gasteiger partial charge on any atom is 0.0314 e. The van der Waals surface area contributed by atoms with E-state index >= 15 is 0 Å². The molecule has 0 radical (unpaired) electrons. The molecule has 1 saturated carbocycles. The van der Waals surface area contributed by atoms with Gasteiger partial charge in [-0.3, -0.25) is 0 Å². The number of unbranched alkanes of at least 4 members (excludes halogenated alkanes) is 27. The van der Waals surface area contributed by atoms with Gasteiger partial charge in [0.2, 0.25) is 0 Å². The third kappa shape index (κ3) is 20.5. The Morgan fingerprint density at radius 3 is 0.900 bits per heavy atom. The van der Waals surface area contributed by atoms with Crippen molar-refractivity contribution in [2.45, 2.75) is 276 Å². The molecule has 70 heavy (non-hydrogen) atoms. The van der Waals surface area contributed by atoms with Crippen molar-refractivity contribution < 1.29 is 0 Å². The van der Waals surface area contributed by atoms with Gasteiger partial charge in [-0.05, 0) is 102 Å². The normalized spacial score (nSPS) is 16.9. The zero-order valence-electron chi connectivity index (χ0n) is 45.8. The number of nitrogen functional groups attached to an aromatic ring is 2. The molecule has 0 aromatic heterocycles. The van der Waals surface area contributed by atoms with Gasteiger partial charge in [-0.15, -0.1) is 0 Å². The fourth-order valence-electron chi connectivity index (χ4n) is 12.4. The first-order valence-corrected chi connectivity index (χ1v) is 30.4. The molecular weight excluding hydrogens is 845 g/mol. The van der Waals surface area contributed by atoms with Crippen molar-refractivity contribution >= 4 is 11.4 Å². The van der Waals surface area contributed by atoms with Gasteiger partial charge in [-0.1, -0.05) is 293 Å². The van der Waals surface area contributed by atoms with Crippen LogP contribution in [0.5, 0.6) is 0 Å². The lowest BCUT2D eigenvalue weighted by Gasteiger charge is -2.42. The predicted octanol–water partition coefficient (Wildman–Crippen LogP) is 21.5. The summed E-state index contributed by atoms with van der Waals surface area (Å²) in [6.07, 6.45) is 50.6. The van der Waals surface area contributed by atoms with E-state index in [2.05, 4.69) is 118 Å². The maximum absolute atomic E-state index is 6.23. The Bertz CT molecular complexity index is 1730. The van der Waals surface area contributed by atoms with Crippen molar-refractivity contribution in [2.75, 3.05) is 11.5 Å². The Hall–Kier alpha value is -3.52. The highest BCUT2D eigenvalue weighted by molar-refractivity contribution is 5.47. The van der Waals surface area contributed by atoms with Gasteiger partial charge in [0.25, 0.3) is 0 Å². The predicted molar refractivity (Wildman–Crippen MR) is 310 cm³/mol. The van der Waals surface area contributed by atoms with E-state index in [1.54, 1.807) is 0 Å². The average Bonchev–Trinajstić information content (AvgIpc) is 3.39. The Labute approximate surface area is 432 Å². The second-order valence-electron chi connectivity index (χ2n) is 22.6. The summed E-state index contributed by atoms with van der Waals surface area (Å²) in [5.74, 6) is 1.65. The van der Waals surface area contributed by atoms with Crippen LogP contribution in [0.4, 0.5) is 11.4 Å².